The van der Waals surface area contributed by atoms with Crippen LogP contribution in [0.15, 0.2) is 60.7 Å². The number of rotatable bonds is 2. The zero-order valence-corrected chi connectivity index (χ0v) is 30.0. The van der Waals surface area contributed by atoms with Crippen molar-refractivity contribution in [2.75, 3.05) is 0 Å². The van der Waals surface area contributed by atoms with E-state index in [-0.39, 0.29) is 54.7 Å². The second kappa shape index (κ2) is 13.2. The molecule has 272 valence electrons. The first-order valence-corrected chi connectivity index (χ1v) is 15.6. The summed E-state index contributed by atoms with van der Waals surface area (Å²) in [6.45, 7) is 6.65. The van der Waals surface area contributed by atoms with Crippen LogP contribution in [0.2, 0.25) is 0 Å². The average molecular weight is 916 g/mol. The van der Waals surface area contributed by atoms with Crippen LogP contribution in [0.5, 0.6) is 0 Å². The maximum absolute atomic E-state index is 15.3. The van der Waals surface area contributed by atoms with Crippen molar-refractivity contribution >= 4 is 0 Å². The smallest absolute Gasteiger partial charge is 0.300 e. The molecule has 0 saturated carbocycles. The van der Waals surface area contributed by atoms with Gasteiger partial charge >= 0.3 is 21.1 Å². The molecule has 0 unspecified atom stereocenters. The van der Waals surface area contributed by atoms with Crippen LogP contribution in [-0.2, 0) is 31.9 Å². The molecule has 0 saturated heterocycles. The zero-order valence-electron chi connectivity index (χ0n) is 27.8. The fourth-order valence-corrected chi connectivity index (χ4v) is 6.24. The van der Waals surface area contributed by atoms with Gasteiger partial charge in [-0.05, 0) is 42.8 Å². The Hall–Kier alpha value is -4.83. The van der Waals surface area contributed by atoms with Gasteiger partial charge in [-0.2, -0.15) is 0 Å². The van der Waals surface area contributed by atoms with Crippen molar-refractivity contribution in [3.63, 3.8) is 0 Å². The van der Waals surface area contributed by atoms with Crippen LogP contribution < -0.4 is 0 Å². The van der Waals surface area contributed by atoms with Crippen molar-refractivity contribution < 1.29 is 65.0 Å². The summed E-state index contributed by atoms with van der Waals surface area (Å²) < 4.78 is 147. The van der Waals surface area contributed by atoms with Gasteiger partial charge in [0.25, 0.3) is 0 Å². The number of nitrogens with zero attached hydrogens (tertiary/aromatic N) is 2. The molecular formula is C40H22F10N2Pt. The van der Waals surface area contributed by atoms with E-state index in [1.807, 2.05) is 0 Å². The summed E-state index contributed by atoms with van der Waals surface area (Å²) in [5.74, 6) is -21.8. The molecule has 8 bridgehead atoms. The summed E-state index contributed by atoms with van der Waals surface area (Å²) in [7, 11) is 0. The molecule has 2 nitrogen and oxygen atoms in total. The Kier molecular flexibility index (Phi) is 9.46. The Bertz CT molecular complexity index is 2270. The van der Waals surface area contributed by atoms with Gasteiger partial charge in [-0.3, -0.25) is 0 Å². The van der Waals surface area contributed by atoms with Crippen LogP contribution in [-0.4, -0.2) is 9.97 Å². The minimum Gasteiger partial charge on any atom is -0.300 e. The molecule has 0 aliphatic carbocycles. The number of pyridine rings is 2. The number of halogens is 10. The molecule has 0 amide bonds. The topological polar surface area (TPSA) is 25.8 Å². The molecule has 7 rings (SSSR count). The SMILES string of the molecule is CC1(C)c2[c-]c(cc(-c3c(F)c(F)c(F)c(F)c3F)c2)-c2cccc(n2)C(C)(C)c2cccc(n2)-c2[c-]c1cc(-c1c(F)c(F)c(F)c(F)c1F)c2.[Pt+2]. The maximum atomic E-state index is 15.3. The predicted molar refractivity (Wildman–Crippen MR) is 172 cm³/mol. The summed E-state index contributed by atoms with van der Waals surface area (Å²) >= 11 is 0. The molecule has 6 aromatic rings. The Labute approximate surface area is 310 Å². The monoisotopic (exact) mass is 915 g/mol. The fourth-order valence-electron chi connectivity index (χ4n) is 6.24. The molecular weight excluding hydrogens is 894 g/mol. The second-order valence-corrected chi connectivity index (χ2v) is 13.3. The van der Waals surface area contributed by atoms with E-state index in [0.717, 1.165) is 24.3 Å². The number of fused-ring (bicyclic) bond motifs is 10. The molecule has 1 aliphatic heterocycles. The van der Waals surface area contributed by atoms with E-state index in [9.17, 15) is 26.3 Å². The van der Waals surface area contributed by atoms with Crippen molar-refractivity contribution in [1.29, 1.82) is 0 Å². The molecule has 13 heteroatoms. The van der Waals surface area contributed by atoms with Gasteiger partial charge in [0.1, 0.15) is 0 Å². The summed E-state index contributed by atoms with van der Waals surface area (Å²) in [6.07, 6.45) is 0. The van der Waals surface area contributed by atoms with Crippen molar-refractivity contribution in [3.05, 3.63) is 153 Å². The zero-order chi connectivity index (χ0) is 37.6. The Morgan fingerprint density at radius 2 is 0.755 bits per heavy atom. The van der Waals surface area contributed by atoms with E-state index in [2.05, 4.69) is 12.1 Å². The molecule has 53 heavy (non-hydrogen) atoms. The molecule has 0 radical (unpaired) electrons. The third-order valence-corrected chi connectivity index (χ3v) is 9.41. The molecule has 4 aromatic carbocycles. The minimum atomic E-state index is -2.35. The minimum absolute atomic E-state index is 0. The van der Waals surface area contributed by atoms with E-state index in [0.29, 0.717) is 11.4 Å². The molecule has 0 N–H and O–H groups in total. The Balaban J connectivity index is 0.00000481. The van der Waals surface area contributed by atoms with E-state index in [1.54, 1.807) is 50.2 Å². The first-order valence-electron chi connectivity index (χ1n) is 15.6. The van der Waals surface area contributed by atoms with Gasteiger partial charge in [-0.15, -0.1) is 58.7 Å². The van der Waals surface area contributed by atoms with Crippen LogP contribution in [0.1, 0.15) is 50.2 Å². The Morgan fingerprint density at radius 3 is 1.09 bits per heavy atom. The number of benzene rings is 4. The van der Waals surface area contributed by atoms with Crippen molar-refractivity contribution in [1.82, 2.24) is 9.97 Å². The van der Waals surface area contributed by atoms with E-state index >= 15 is 17.6 Å². The second-order valence-electron chi connectivity index (χ2n) is 13.3. The van der Waals surface area contributed by atoms with Crippen molar-refractivity contribution in [2.24, 2.45) is 0 Å². The summed E-state index contributed by atoms with van der Waals surface area (Å²) in [5.41, 5.74) is -4.29. The van der Waals surface area contributed by atoms with Crippen LogP contribution in [0.4, 0.5) is 43.9 Å². The third kappa shape index (κ3) is 5.95. The molecule has 2 aromatic heterocycles. The molecule has 0 spiro atoms. The Morgan fingerprint density at radius 1 is 0.434 bits per heavy atom. The van der Waals surface area contributed by atoms with Gasteiger partial charge in [-0.25, -0.2) is 43.9 Å². The average Bonchev–Trinajstić information content (AvgIpc) is 3.14. The van der Waals surface area contributed by atoms with Crippen molar-refractivity contribution in [3.8, 4) is 44.8 Å². The predicted octanol–water partition coefficient (Wildman–Crippen LogP) is 11.1. The largest absolute Gasteiger partial charge is 2.00 e. The summed E-state index contributed by atoms with van der Waals surface area (Å²) in [4.78, 5) is 9.57. The van der Waals surface area contributed by atoms with E-state index in [4.69, 9.17) is 9.97 Å². The van der Waals surface area contributed by atoms with Crippen LogP contribution in [0, 0.1) is 70.3 Å². The van der Waals surface area contributed by atoms with Gasteiger partial charge < -0.3 is 9.97 Å². The molecule has 0 atom stereocenters. The van der Waals surface area contributed by atoms with Crippen LogP contribution in [0.3, 0.4) is 0 Å². The summed E-state index contributed by atoms with van der Waals surface area (Å²) in [6, 6.07) is 20.6. The number of aromatic nitrogens is 2. The van der Waals surface area contributed by atoms with E-state index in [1.165, 1.54) is 13.8 Å². The van der Waals surface area contributed by atoms with Crippen molar-refractivity contribution in [2.45, 2.75) is 38.5 Å². The normalized spacial score (nSPS) is 14.0. The van der Waals surface area contributed by atoms with Gasteiger partial charge in [-0.1, -0.05) is 49.2 Å². The standard InChI is InChI=1S/C40H22F10N2.Pt/c1-39(2)21-13-17(11-19(15-21)27-29(41)33(45)37(49)34(46)30(27)42)23-7-5-9-25(51-23)40(3,4)26-10-6-8-24(52-26)18-12-20(16-22(39)14-18)28-31(43)35(47)38(50)36(48)32(28)44;/h5-12,15-16H,1-4H3;/q-2;+2. The number of hydrogen-bond acceptors (Lipinski definition) is 2. The fraction of sp³-hybridized carbons (Fsp3) is 0.150. The van der Waals surface area contributed by atoms with E-state index < -0.39 is 91.3 Å². The first kappa shape index (κ1) is 37.9. The first-order chi connectivity index (χ1) is 24.4. The van der Waals surface area contributed by atoms with Gasteiger partial charge in [0.05, 0.1) is 0 Å². The molecule has 1 aliphatic rings. The molecule has 3 heterocycles. The molecule has 0 fully saturated rings. The maximum Gasteiger partial charge on any atom is 2.00 e. The quantitative estimate of drug-likeness (QED) is 0.0749. The number of hydrogen-bond donors (Lipinski definition) is 0. The van der Waals surface area contributed by atoms with Crippen LogP contribution in [0.25, 0.3) is 44.8 Å². The van der Waals surface area contributed by atoms with Gasteiger partial charge in [0, 0.05) is 27.9 Å². The summed E-state index contributed by atoms with van der Waals surface area (Å²) in [5, 5.41) is 0. The van der Waals surface area contributed by atoms with Gasteiger partial charge in [0.2, 0.25) is 11.6 Å². The van der Waals surface area contributed by atoms with Gasteiger partial charge in [0.15, 0.2) is 46.5 Å². The van der Waals surface area contributed by atoms with Crippen LogP contribution >= 0.6 is 0 Å². The third-order valence-electron chi connectivity index (χ3n) is 9.41.